The fourth-order valence-corrected chi connectivity index (χ4v) is 7.97. The summed E-state index contributed by atoms with van der Waals surface area (Å²) in [6.45, 7) is 4.30. The van der Waals surface area contributed by atoms with E-state index in [-0.39, 0.29) is 12.5 Å². The molecule has 0 spiro atoms. The fraction of sp³-hybridized carbons (Fsp3) is 0.836. The Bertz CT molecular complexity index is 939. The Kier molecular flexibility index (Phi) is 49.3. The summed E-state index contributed by atoms with van der Waals surface area (Å²) in [6.07, 6.45) is 69.8. The average Bonchev–Trinajstić information content (AvgIpc) is 3.24. The second-order valence-electron chi connectivity index (χ2n) is 17.9. The van der Waals surface area contributed by atoms with Crippen LogP contribution in [0.15, 0.2) is 48.6 Å². The molecule has 0 fully saturated rings. The Labute approximate surface area is 369 Å². The summed E-state index contributed by atoms with van der Waals surface area (Å²) in [5, 5.41) is 23.1. The first kappa shape index (κ1) is 57.3. The van der Waals surface area contributed by atoms with E-state index >= 15 is 0 Å². The summed E-state index contributed by atoms with van der Waals surface area (Å²) in [5.41, 5.74) is 0. The van der Waals surface area contributed by atoms with Gasteiger partial charge < -0.3 is 15.5 Å². The number of allylic oxidation sites excluding steroid dienone is 7. The van der Waals surface area contributed by atoms with Gasteiger partial charge >= 0.3 is 0 Å². The third-order valence-electron chi connectivity index (χ3n) is 12.0. The van der Waals surface area contributed by atoms with Crippen molar-refractivity contribution >= 4 is 5.91 Å². The van der Waals surface area contributed by atoms with Crippen molar-refractivity contribution < 1.29 is 15.0 Å². The van der Waals surface area contributed by atoms with Gasteiger partial charge in [0.25, 0.3) is 0 Å². The Hall–Kier alpha value is -1.65. The second-order valence-corrected chi connectivity index (χ2v) is 17.9. The van der Waals surface area contributed by atoms with Gasteiger partial charge in [0.15, 0.2) is 0 Å². The highest BCUT2D eigenvalue weighted by molar-refractivity contribution is 5.76. The van der Waals surface area contributed by atoms with Gasteiger partial charge in [-0.2, -0.15) is 0 Å². The van der Waals surface area contributed by atoms with Crippen LogP contribution >= 0.6 is 0 Å². The van der Waals surface area contributed by atoms with Crippen LogP contribution in [0.1, 0.15) is 277 Å². The Morgan fingerprint density at radius 3 is 0.983 bits per heavy atom. The van der Waals surface area contributed by atoms with Gasteiger partial charge in [-0.15, -0.1) is 0 Å². The molecule has 0 saturated carbocycles. The molecular weight excluding hydrogens is 723 g/mol. The molecule has 0 aromatic heterocycles. The van der Waals surface area contributed by atoms with Crippen LogP contribution in [0.5, 0.6) is 0 Å². The fourth-order valence-electron chi connectivity index (χ4n) is 7.97. The van der Waals surface area contributed by atoms with Crippen molar-refractivity contribution in [2.24, 2.45) is 0 Å². The number of hydrogen-bond donors (Lipinski definition) is 3. The minimum Gasteiger partial charge on any atom is -0.394 e. The largest absolute Gasteiger partial charge is 0.394 e. The highest BCUT2D eigenvalue weighted by Gasteiger charge is 2.17. The van der Waals surface area contributed by atoms with Gasteiger partial charge in [-0.25, -0.2) is 0 Å². The monoisotopic (exact) mass is 826 g/mol. The van der Waals surface area contributed by atoms with Crippen LogP contribution in [-0.4, -0.2) is 34.9 Å². The van der Waals surface area contributed by atoms with Gasteiger partial charge in [-0.3, -0.25) is 4.79 Å². The normalized spacial score (nSPS) is 13.2. The number of nitrogens with one attached hydrogen (secondary N) is 1. The first-order chi connectivity index (χ1) is 29.2. The number of aliphatic hydroxyl groups excluding tert-OH is 2. The number of carbonyl (C=O) groups excluding carboxylic acids is 1. The standard InChI is InChI=1S/C55H103NO3/c1-3-5-7-9-11-13-15-17-19-21-22-23-24-25-26-27-28-29-30-31-32-33-35-36-38-40-42-44-46-48-50-54(58)53(52-57)56-55(59)51-49-47-45-43-41-39-37-34-20-18-16-14-12-10-8-6-4-2/h18,20,33,35,40,42,48,50,53-54,57-58H,3-17,19,21-32,34,36-39,41,43-47,49,51-52H2,1-2H3,(H,56,59)/b20-18-,35-33+,42-40+,50-48+. The lowest BCUT2D eigenvalue weighted by Gasteiger charge is -2.19. The first-order valence-corrected chi connectivity index (χ1v) is 26.4. The van der Waals surface area contributed by atoms with E-state index in [0.717, 1.165) is 38.5 Å². The molecule has 0 aromatic rings. The molecule has 4 heteroatoms. The van der Waals surface area contributed by atoms with Crippen molar-refractivity contribution in [2.75, 3.05) is 6.61 Å². The van der Waals surface area contributed by atoms with Crippen LogP contribution < -0.4 is 5.32 Å². The van der Waals surface area contributed by atoms with E-state index in [1.54, 1.807) is 6.08 Å². The molecule has 0 rings (SSSR count). The van der Waals surface area contributed by atoms with Crippen LogP contribution in [0, 0.1) is 0 Å². The van der Waals surface area contributed by atoms with Crippen molar-refractivity contribution in [3.8, 4) is 0 Å². The van der Waals surface area contributed by atoms with Crippen molar-refractivity contribution in [3.63, 3.8) is 0 Å². The highest BCUT2D eigenvalue weighted by Crippen LogP contribution is 2.16. The van der Waals surface area contributed by atoms with Gasteiger partial charge in [0.2, 0.25) is 5.91 Å². The van der Waals surface area contributed by atoms with E-state index in [1.165, 1.54) is 218 Å². The summed E-state index contributed by atoms with van der Waals surface area (Å²) >= 11 is 0. The van der Waals surface area contributed by atoms with E-state index < -0.39 is 12.1 Å². The lowest BCUT2D eigenvalue weighted by atomic mass is 10.0. The molecular formula is C55H103NO3. The minimum absolute atomic E-state index is 0.0815. The molecule has 2 atom stereocenters. The van der Waals surface area contributed by atoms with E-state index in [0.29, 0.717) is 6.42 Å². The number of carbonyl (C=O) groups is 1. The third-order valence-corrected chi connectivity index (χ3v) is 12.0. The van der Waals surface area contributed by atoms with Crippen LogP contribution in [-0.2, 0) is 4.79 Å². The summed E-state index contributed by atoms with van der Waals surface area (Å²) in [6, 6.07) is -0.649. The summed E-state index contributed by atoms with van der Waals surface area (Å²) < 4.78 is 0. The Morgan fingerprint density at radius 1 is 0.390 bits per heavy atom. The average molecular weight is 826 g/mol. The molecule has 346 valence electrons. The molecule has 0 aromatic carbocycles. The molecule has 0 bridgehead atoms. The van der Waals surface area contributed by atoms with Crippen LogP contribution in [0.4, 0.5) is 0 Å². The number of unbranched alkanes of at least 4 members (excludes halogenated alkanes) is 35. The molecule has 0 saturated heterocycles. The van der Waals surface area contributed by atoms with Crippen LogP contribution in [0.2, 0.25) is 0 Å². The lowest BCUT2D eigenvalue weighted by Crippen LogP contribution is -2.45. The minimum atomic E-state index is -0.873. The molecule has 0 heterocycles. The number of amides is 1. The maximum atomic E-state index is 12.4. The first-order valence-electron chi connectivity index (χ1n) is 26.4. The molecule has 0 aliphatic carbocycles. The summed E-state index contributed by atoms with van der Waals surface area (Å²) in [7, 11) is 0. The van der Waals surface area contributed by atoms with Gasteiger partial charge in [-0.05, 0) is 70.6 Å². The molecule has 3 N–H and O–H groups in total. The van der Waals surface area contributed by atoms with Gasteiger partial charge in [-0.1, -0.05) is 249 Å². The summed E-state index contributed by atoms with van der Waals surface area (Å²) in [4.78, 5) is 12.4. The zero-order valence-electron chi connectivity index (χ0n) is 39.8. The molecule has 4 nitrogen and oxygen atoms in total. The van der Waals surface area contributed by atoms with Crippen molar-refractivity contribution in [1.29, 1.82) is 0 Å². The van der Waals surface area contributed by atoms with Crippen molar-refractivity contribution in [1.82, 2.24) is 5.32 Å². The molecule has 0 radical (unpaired) electrons. The van der Waals surface area contributed by atoms with Crippen LogP contribution in [0.3, 0.4) is 0 Å². The number of rotatable bonds is 48. The highest BCUT2D eigenvalue weighted by atomic mass is 16.3. The topological polar surface area (TPSA) is 69.6 Å². The van der Waals surface area contributed by atoms with Gasteiger partial charge in [0, 0.05) is 6.42 Å². The maximum absolute atomic E-state index is 12.4. The molecule has 0 aliphatic rings. The molecule has 2 unspecified atom stereocenters. The van der Waals surface area contributed by atoms with E-state index in [9.17, 15) is 15.0 Å². The Morgan fingerprint density at radius 2 is 0.661 bits per heavy atom. The predicted octanol–water partition coefficient (Wildman–Crippen LogP) is 17.1. The van der Waals surface area contributed by atoms with E-state index in [2.05, 4.69) is 55.6 Å². The van der Waals surface area contributed by atoms with Crippen molar-refractivity contribution in [3.05, 3.63) is 48.6 Å². The van der Waals surface area contributed by atoms with E-state index in [4.69, 9.17) is 0 Å². The SMILES string of the molecule is CCCCCCCC/C=C\CCCCCCCCCC(=O)NC(CO)C(O)/C=C/CC/C=C/CC/C=C/CCCCCCCCCCCCCCCCCCCCCC. The van der Waals surface area contributed by atoms with Crippen molar-refractivity contribution in [2.45, 2.75) is 289 Å². The smallest absolute Gasteiger partial charge is 0.220 e. The van der Waals surface area contributed by atoms with E-state index in [1.807, 2.05) is 6.08 Å². The van der Waals surface area contributed by atoms with Gasteiger partial charge in [0.05, 0.1) is 18.8 Å². The molecule has 1 amide bonds. The second kappa shape index (κ2) is 50.7. The third kappa shape index (κ3) is 47.3. The lowest BCUT2D eigenvalue weighted by molar-refractivity contribution is -0.123. The summed E-state index contributed by atoms with van der Waals surface area (Å²) in [5.74, 6) is -0.0815. The number of aliphatic hydroxyl groups is 2. The quantitative estimate of drug-likeness (QED) is 0.0423. The van der Waals surface area contributed by atoms with Crippen LogP contribution in [0.25, 0.3) is 0 Å². The predicted molar refractivity (Wildman–Crippen MR) is 262 cm³/mol. The zero-order chi connectivity index (χ0) is 42.8. The maximum Gasteiger partial charge on any atom is 0.220 e. The number of hydrogen-bond acceptors (Lipinski definition) is 3. The molecule has 0 aliphatic heterocycles. The Balaban J connectivity index is 3.56. The zero-order valence-corrected chi connectivity index (χ0v) is 39.8. The molecule has 59 heavy (non-hydrogen) atoms. The van der Waals surface area contributed by atoms with Gasteiger partial charge in [0.1, 0.15) is 0 Å².